The van der Waals surface area contributed by atoms with Gasteiger partial charge in [0.25, 0.3) is 0 Å². The Balaban J connectivity index is 2.34. The van der Waals surface area contributed by atoms with Gasteiger partial charge in [0, 0.05) is 39.6 Å². The number of rotatable bonds is 1. The highest BCUT2D eigenvalue weighted by atomic mass is 16.3. The van der Waals surface area contributed by atoms with Crippen molar-refractivity contribution < 1.29 is 5.11 Å². The van der Waals surface area contributed by atoms with E-state index in [1.165, 1.54) is 0 Å². The highest BCUT2D eigenvalue weighted by Crippen LogP contribution is 2.33. The van der Waals surface area contributed by atoms with E-state index in [0.29, 0.717) is 0 Å². The van der Waals surface area contributed by atoms with Crippen molar-refractivity contribution in [1.82, 2.24) is 9.97 Å². The van der Waals surface area contributed by atoms with Crippen molar-refractivity contribution in [3.8, 4) is 0 Å². The minimum Gasteiger partial charge on any atom is -0.392 e. The molecule has 0 bridgehead atoms. The standard InChI is InChI=1S/C16H12N2O/c19-9-11-2-1-3-13-15(11)16-12-8-17-7-6-10(12)4-5-14(16)18-13/h1-8,18-19H,9H2. The predicted molar refractivity (Wildman–Crippen MR) is 77.0 cm³/mol. The van der Waals surface area contributed by atoms with Crippen LogP contribution in [0.25, 0.3) is 32.6 Å². The van der Waals surface area contributed by atoms with Gasteiger partial charge in [0.05, 0.1) is 6.61 Å². The Morgan fingerprint density at radius 1 is 1.00 bits per heavy atom. The SMILES string of the molecule is OCc1cccc2[nH]c3ccc4ccncc4c3c12. The van der Waals surface area contributed by atoms with Crippen LogP contribution in [0.1, 0.15) is 5.56 Å². The third-order valence-corrected chi connectivity index (χ3v) is 3.66. The number of pyridine rings is 1. The number of aliphatic hydroxyl groups excluding tert-OH is 1. The minimum absolute atomic E-state index is 0.0426. The summed E-state index contributed by atoms with van der Waals surface area (Å²) in [4.78, 5) is 7.63. The van der Waals surface area contributed by atoms with Gasteiger partial charge >= 0.3 is 0 Å². The third-order valence-electron chi connectivity index (χ3n) is 3.66. The molecule has 0 saturated heterocycles. The molecular weight excluding hydrogens is 236 g/mol. The number of aromatic nitrogens is 2. The van der Waals surface area contributed by atoms with Gasteiger partial charge in [0.2, 0.25) is 0 Å². The molecule has 0 aliphatic heterocycles. The summed E-state index contributed by atoms with van der Waals surface area (Å²) in [5.41, 5.74) is 3.08. The van der Waals surface area contributed by atoms with Gasteiger partial charge in [-0.25, -0.2) is 0 Å². The highest BCUT2D eigenvalue weighted by molar-refractivity contribution is 6.20. The van der Waals surface area contributed by atoms with Crippen molar-refractivity contribution in [2.75, 3.05) is 0 Å². The minimum atomic E-state index is 0.0426. The van der Waals surface area contributed by atoms with Crippen molar-refractivity contribution in [3.05, 3.63) is 54.4 Å². The van der Waals surface area contributed by atoms with Gasteiger partial charge in [-0.3, -0.25) is 4.98 Å². The molecule has 0 aliphatic rings. The second kappa shape index (κ2) is 3.80. The van der Waals surface area contributed by atoms with Crippen LogP contribution < -0.4 is 0 Å². The molecule has 0 aliphatic carbocycles. The molecular formula is C16H12N2O. The first-order valence-corrected chi connectivity index (χ1v) is 6.25. The number of fused-ring (bicyclic) bond motifs is 5. The maximum atomic E-state index is 9.56. The first-order chi connectivity index (χ1) is 9.38. The zero-order chi connectivity index (χ0) is 12.8. The summed E-state index contributed by atoms with van der Waals surface area (Å²) in [7, 11) is 0. The summed E-state index contributed by atoms with van der Waals surface area (Å²) >= 11 is 0. The quantitative estimate of drug-likeness (QED) is 0.542. The first-order valence-electron chi connectivity index (χ1n) is 6.25. The van der Waals surface area contributed by atoms with E-state index in [0.717, 1.165) is 38.1 Å². The van der Waals surface area contributed by atoms with E-state index in [2.05, 4.69) is 22.1 Å². The van der Waals surface area contributed by atoms with Crippen LogP contribution in [0.4, 0.5) is 0 Å². The van der Waals surface area contributed by atoms with E-state index in [4.69, 9.17) is 0 Å². The summed E-state index contributed by atoms with van der Waals surface area (Å²) in [6.07, 6.45) is 3.69. The smallest absolute Gasteiger partial charge is 0.0688 e. The fraction of sp³-hybridized carbons (Fsp3) is 0.0625. The number of H-pyrrole nitrogens is 1. The fourth-order valence-corrected chi connectivity index (χ4v) is 2.81. The molecule has 92 valence electrons. The topological polar surface area (TPSA) is 48.9 Å². The molecule has 4 rings (SSSR count). The van der Waals surface area contributed by atoms with Crippen molar-refractivity contribution in [1.29, 1.82) is 0 Å². The summed E-state index contributed by atoms with van der Waals surface area (Å²) < 4.78 is 0. The summed E-state index contributed by atoms with van der Waals surface area (Å²) in [6, 6.07) is 12.1. The molecule has 2 N–H and O–H groups in total. The van der Waals surface area contributed by atoms with E-state index in [1.54, 1.807) is 6.20 Å². The number of nitrogens with zero attached hydrogens (tertiary/aromatic N) is 1. The van der Waals surface area contributed by atoms with Crippen LogP contribution in [0.5, 0.6) is 0 Å². The van der Waals surface area contributed by atoms with Crippen LogP contribution >= 0.6 is 0 Å². The number of hydrogen-bond acceptors (Lipinski definition) is 2. The Labute approximate surface area is 109 Å². The van der Waals surface area contributed by atoms with Crippen LogP contribution in [0.15, 0.2) is 48.8 Å². The summed E-state index contributed by atoms with van der Waals surface area (Å²) in [6.45, 7) is 0.0426. The van der Waals surface area contributed by atoms with E-state index < -0.39 is 0 Å². The monoisotopic (exact) mass is 248 g/mol. The zero-order valence-electron chi connectivity index (χ0n) is 10.2. The summed E-state index contributed by atoms with van der Waals surface area (Å²) in [5.74, 6) is 0. The molecule has 2 aromatic carbocycles. The molecule has 0 unspecified atom stereocenters. The van der Waals surface area contributed by atoms with Crippen LogP contribution in [0.2, 0.25) is 0 Å². The third kappa shape index (κ3) is 1.39. The maximum Gasteiger partial charge on any atom is 0.0688 e. The highest BCUT2D eigenvalue weighted by Gasteiger charge is 2.10. The number of hydrogen-bond donors (Lipinski definition) is 2. The van der Waals surface area contributed by atoms with Gasteiger partial charge in [-0.15, -0.1) is 0 Å². The predicted octanol–water partition coefficient (Wildman–Crippen LogP) is 3.36. The van der Waals surface area contributed by atoms with Gasteiger partial charge in [0.1, 0.15) is 0 Å². The second-order valence-corrected chi connectivity index (χ2v) is 4.71. The Morgan fingerprint density at radius 3 is 2.79 bits per heavy atom. The van der Waals surface area contributed by atoms with Crippen molar-refractivity contribution in [3.63, 3.8) is 0 Å². The molecule has 0 radical (unpaired) electrons. The van der Waals surface area contributed by atoms with Crippen molar-refractivity contribution >= 4 is 32.6 Å². The number of aliphatic hydroxyl groups is 1. The van der Waals surface area contributed by atoms with Gasteiger partial charge in [-0.05, 0) is 29.1 Å². The average Bonchev–Trinajstić information content (AvgIpc) is 2.86. The molecule has 3 nitrogen and oxygen atoms in total. The normalized spacial score (nSPS) is 11.6. The van der Waals surface area contributed by atoms with Crippen LogP contribution in [0.3, 0.4) is 0 Å². The molecule has 0 atom stereocenters. The first kappa shape index (κ1) is 10.5. The number of benzene rings is 2. The Morgan fingerprint density at radius 2 is 1.89 bits per heavy atom. The van der Waals surface area contributed by atoms with Crippen LogP contribution in [-0.2, 0) is 6.61 Å². The van der Waals surface area contributed by atoms with Crippen LogP contribution in [-0.4, -0.2) is 15.1 Å². The number of aromatic amines is 1. The largest absolute Gasteiger partial charge is 0.392 e. The average molecular weight is 248 g/mol. The van der Waals surface area contributed by atoms with Crippen LogP contribution in [0, 0.1) is 0 Å². The van der Waals surface area contributed by atoms with E-state index in [-0.39, 0.29) is 6.61 Å². The van der Waals surface area contributed by atoms with Gasteiger partial charge < -0.3 is 10.1 Å². The Bertz CT molecular complexity index is 908. The second-order valence-electron chi connectivity index (χ2n) is 4.71. The molecule has 4 aromatic rings. The van der Waals surface area contributed by atoms with Gasteiger partial charge in [0.15, 0.2) is 0 Å². The van der Waals surface area contributed by atoms with Gasteiger partial charge in [-0.2, -0.15) is 0 Å². The molecule has 2 aromatic heterocycles. The number of nitrogens with one attached hydrogen (secondary N) is 1. The molecule has 19 heavy (non-hydrogen) atoms. The zero-order valence-corrected chi connectivity index (χ0v) is 10.2. The van der Waals surface area contributed by atoms with E-state index >= 15 is 0 Å². The lowest BCUT2D eigenvalue weighted by molar-refractivity contribution is 0.283. The molecule has 0 amide bonds. The van der Waals surface area contributed by atoms with Gasteiger partial charge in [-0.1, -0.05) is 18.2 Å². The fourth-order valence-electron chi connectivity index (χ4n) is 2.81. The molecule has 0 saturated carbocycles. The molecule has 0 spiro atoms. The maximum absolute atomic E-state index is 9.56. The molecule has 2 heterocycles. The summed E-state index contributed by atoms with van der Waals surface area (Å²) in [5, 5.41) is 14.1. The van der Waals surface area contributed by atoms with E-state index in [1.807, 2.05) is 30.5 Å². The lowest BCUT2D eigenvalue weighted by Gasteiger charge is -2.02. The van der Waals surface area contributed by atoms with Crippen molar-refractivity contribution in [2.24, 2.45) is 0 Å². The lowest BCUT2D eigenvalue weighted by Crippen LogP contribution is -1.84. The van der Waals surface area contributed by atoms with Crippen molar-refractivity contribution in [2.45, 2.75) is 6.61 Å². The Kier molecular flexibility index (Phi) is 2.11. The Hall–Kier alpha value is -2.39. The lowest BCUT2D eigenvalue weighted by atomic mass is 10.0. The molecule has 0 fully saturated rings. The van der Waals surface area contributed by atoms with E-state index in [9.17, 15) is 5.11 Å². The molecule has 3 heteroatoms.